The fourth-order valence-electron chi connectivity index (χ4n) is 1.48. The summed E-state index contributed by atoms with van der Waals surface area (Å²) in [4.78, 5) is 13.4. The molecule has 1 atom stereocenters. The van der Waals surface area contributed by atoms with E-state index in [-0.39, 0.29) is 17.6 Å². The molecule has 2 N–H and O–H groups in total. The standard InChI is InChI=1S/C14H21FN2O2/c1-10(2)13(16)14(18)17(3)8-9-19-12-6-4-11(15)5-7-12/h4-7,10,13H,8-9,16H2,1-3H3/t13-/m1/s1. The topological polar surface area (TPSA) is 55.6 Å². The van der Waals surface area contributed by atoms with Crippen molar-refractivity contribution in [1.82, 2.24) is 4.90 Å². The van der Waals surface area contributed by atoms with Crippen LogP contribution in [0.15, 0.2) is 24.3 Å². The average Bonchev–Trinajstić information content (AvgIpc) is 2.39. The van der Waals surface area contributed by atoms with Gasteiger partial charge in [-0.3, -0.25) is 4.79 Å². The number of ether oxygens (including phenoxy) is 1. The fourth-order valence-corrected chi connectivity index (χ4v) is 1.48. The highest BCUT2D eigenvalue weighted by molar-refractivity contribution is 5.81. The monoisotopic (exact) mass is 268 g/mol. The van der Waals surface area contributed by atoms with Crippen LogP contribution in [0.25, 0.3) is 0 Å². The second-order valence-electron chi connectivity index (χ2n) is 4.83. The van der Waals surface area contributed by atoms with Crippen LogP contribution >= 0.6 is 0 Å². The molecule has 0 unspecified atom stereocenters. The molecule has 1 amide bonds. The summed E-state index contributed by atoms with van der Waals surface area (Å²) in [5.41, 5.74) is 5.79. The van der Waals surface area contributed by atoms with E-state index in [2.05, 4.69) is 0 Å². The molecule has 5 heteroatoms. The maximum atomic E-state index is 12.7. The van der Waals surface area contributed by atoms with E-state index < -0.39 is 6.04 Å². The van der Waals surface area contributed by atoms with Gasteiger partial charge in [0, 0.05) is 7.05 Å². The van der Waals surface area contributed by atoms with Crippen LogP contribution in [0, 0.1) is 11.7 Å². The summed E-state index contributed by atoms with van der Waals surface area (Å²) in [5.74, 6) is 0.281. The van der Waals surface area contributed by atoms with Crippen molar-refractivity contribution >= 4 is 5.91 Å². The van der Waals surface area contributed by atoms with Gasteiger partial charge in [0.15, 0.2) is 0 Å². The van der Waals surface area contributed by atoms with Crippen LogP contribution in [0.1, 0.15) is 13.8 Å². The summed E-state index contributed by atoms with van der Waals surface area (Å²) in [6, 6.07) is 5.28. The predicted molar refractivity (Wildman–Crippen MR) is 72.3 cm³/mol. The Morgan fingerprint density at radius 3 is 2.47 bits per heavy atom. The van der Waals surface area contributed by atoms with Crippen LogP contribution in [0.5, 0.6) is 5.75 Å². The smallest absolute Gasteiger partial charge is 0.239 e. The average molecular weight is 268 g/mol. The number of amides is 1. The quantitative estimate of drug-likeness (QED) is 0.853. The third-order valence-corrected chi connectivity index (χ3v) is 2.89. The highest BCUT2D eigenvalue weighted by Gasteiger charge is 2.20. The normalized spacial score (nSPS) is 12.3. The van der Waals surface area contributed by atoms with E-state index in [9.17, 15) is 9.18 Å². The summed E-state index contributed by atoms with van der Waals surface area (Å²) in [6.07, 6.45) is 0. The van der Waals surface area contributed by atoms with Gasteiger partial charge in [-0.15, -0.1) is 0 Å². The second kappa shape index (κ2) is 7.09. The first-order valence-corrected chi connectivity index (χ1v) is 6.30. The van der Waals surface area contributed by atoms with Gasteiger partial charge in [0.05, 0.1) is 12.6 Å². The van der Waals surface area contributed by atoms with Gasteiger partial charge >= 0.3 is 0 Å². The molecule has 19 heavy (non-hydrogen) atoms. The predicted octanol–water partition coefficient (Wildman–Crippen LogP) is 1.65. The molecule has 0 heterocycles. The number of hydrogen-bond acceptors (Lipinski definition) is 3. The van der Waals surface area contributed by atoms with E-state index in [1.54, 1.807) is 24.1 Å². The Morgan fingerprint density at radius 1 is 1.37 bits per heavy atom. The third kappa shape index (κ3) is 4.87. The SMILES string of the molecule is CC(C)[C@@H](N)C(=O)N(C)CCOc1ccc(F)cc1. The molecule has 0 spiro atoms. The van der Waals surface area contributed by atoms with Gasteiger partial charge < -0.3 is 15.4 Å². The van der Waals surface area contributed by atoms with Crippen molar-refractivity contribution in [2.24, 2.45) is 11.7 Å². The van der Waals surface area contributed by atoms with Crippen molar-refractivity contribution in [3.05, 3.63) is 30.1 Å². The number of halogens is 1. The molecule has 0 aliphatic rings. The Bertz CT molecular complexity index is 406. The lowest BCUT2D eigenvalue weighted by Gasteiger charge is -2.23. The number of hydrogen-bond donors (Lipinski definition) is 1. The first-order chi connectivity index (χ1) is 8.91. The van der Waals surface area contributed by atoms with E-state index in [4.69, 9.17) is 10.5 Å². The minimum Gasteiger partial charge on any atom is -0.492 e. The Labute approximate surface area is 113 Å². The Morgan fingerprint density at radius 2 is 1.95 bits per heavy atom. The number of benzene rings is 1. The lowest BCUT2D eigenvalue weighted by Crippen LogP contribution is -2.46. The zero-order valence-electron chi connectivity index (χ0n) is 11.6. The second-order valence-corrected chi connectivity index (χ2v) is 4.83. The number of carbonyl (C=O) groups excluding carboxylic acids is 1. The zero-order valence-corrected chi connectivity index (χ0v) is 11.6. The number of nitrogens with two attached hydrogens (primary N) is 1. The van der Waals surface area contributed by atoms with Gasteiger partial charge in [-0.05, 0) is 30.2 Å². The van der Waals surface area contributed by atoms with Crippen LogP contribution in [0.4, 0.5) is 4.39 Å². The third-order valence-electron chi connectivity index (χ3n) is 2.89. The van der Waals surface area contributed by atoms with Gasteiger partial charge in [0.1, 0.15) is 18.2 Å². The van der Waals surface area contributed by atoms with Crippen molar-refractivity contribution in [3.63, 3.8) is 0 Å². The molecule has 106 valence electrons. The molecule has 1 aromatic carbocycles. The number of likely N-dealkylation sites (N-methyl/N-ethyl adjacent to an activating group) is 1. The molecule has 0 aliphatic heterocycles. The molecular weight excluding hydrogens is 247 g/mol. The Hall–Kier alpha value is -1.62. The summed E-state index contributed by atoms with van der Waals surface area (Å²) in [5, 5.41) is 0. The lowest BCUT2D eigenvalue weighted by molar-refractivity contribution is -0.132. The maximum absolute atomic E-state index is 12.7. The van der Waals surface area contributed by atoms with Crippen LogP contribution in [-0.2, 0) is 4.79 Å². The summed E-state index contributed by atoms with van der Waals surface area (Å²) in [7, 11) is 1.69. The minimum absolute atomic E-state index is 0.0993. The number of rotatable bonds is 6. The lowest BCUT2D eigenvalue weighted by atomic mass is 10.0. The Balaban J connectivity index is 2.36. The van der Waals surface area contributed by atoms with E-state index >= 15 is 0 Å². The molecule has 0 radical (unpaired) electrons. The van der Waals surface area contributed by atoms with Gasteiger partial charge in [0.25, 0.3) is 0 Å². The first-order valence-electron chi connectivity index (χ1n) is 6.30. The summed E-state index contributed by atoms with van der Waals surface area (Å²) < 4.78 is 18.1. The molecule has 0 fully saturated rings. The summed E-state index contributed by atoms with van der Waals surface area (Å²) >= 11 is 0. The van der Waals surface area contributed by atoms with Crippen molar-refractivity contribution in [2.75, 3.05) is 20.2 Å². The maximum Gasteiger partial charge on any atom is 0.239 e. The Kier molecular flexibility index (Phi) is 5.76. The van der Waals surface area contributed by atoms with Gasteiger partial charge in [-0.1, -0.05) is 13.8 Å². The molecule has 0 saturated heterocycles. The van der Waals surface area contributed by atoms with Crippen LogP contribution in [0.2, 0.25) is 0 Å². The fraction of sp³-hybridized carbons (Fsp3) is 0.500. The molecule has 0 aromatic heterocycles. The van der Waals surface area contributed by atoms with Gasteiger partial charge in [0.2, 0.25) is 5.91 Å². The van der Waals surface area contributed by atoms with Crippen LogP contribution in [0.3, 0.4) is 0 Å². The van der Waals surface area contributed by atoms with E-state index in [1.165, 1.54) is 12.1 Å². The molecule has 0 saturated carbocycles. The van der Waals surface area contributed by atoms with Crippen LogP contribution < -0.4 is 10.5 Å². The van der Waals surface area contributed by atoms with Crippen molar-refractivity contribution < 1.29 is 13.9 Å². The van der Waals surface area contributed by atoms with Crippen molar-refractivity contribution in [2.45, 2.75) is 19.9 Å². The first kappa shape index (κ1) is 15.4. The van der Waals surface area contributed by atoms with E-state index in [1.807, 2.05) is 13.8 Å². The van der Waals surface area contributed by atoms with Gasteiger partial charge in [-0.25, -0.2) is 4.39 Å². The minimum atomic E-state index is -0.490. The van der Waals surface area contributed by atoms with Crippen LogP contribution in [-0.4, -0.2) is 37.0 Å². The van der Waals surface area contributed by atoms with Gasteiger partial charge in [-0.2, -0.15) is 0 Å². The molecule has 1 rings (SSSR count). The number of carbonyl (C=O) groups is 1. The van der Waals surface area contributed by atoms with E-state index in [0.717, 1.165) is 0 Å². The van der Waals surface area contributed by atoms with E-state index in [0.29, 0.717) is 18.9 Å². The van der Waals surface area contributed by atoms with Crippen molar-refractivity contribution in [1.29, 1.82) is 0 Å². The van der Waals surface area contributed by atoms with Crippen molar-refractivity contribution in [3.8, 4) is 5.75 Å². The zero-order chi connectivity index (χ0) is 14.4. The largest absolute Gasteiger partial charge is 0.492 e. The molecule has 0 bridgehead atoms. The summed E-state index contributed by atoms with van der Waals surface area (Å²) in [6.45, 7) is 4.60. The molecular formula is C14H21FN2O2. The number of nitrogens with zero attached hydrogens (tertiary/aromatic N) is 1. The highest BCUT2D eigenvalue weighted by atomic mass is 19.1. The molecule has 0 aliphatic carbocycles. The molecule has 4 nitrogen and oxygen atoms in total. The molecule has 1 aromatic rings. The highest BCUT2D eigenvalue weighted by Crippen LogP contribution is 2.11.